The molecule has 2 saturated heterocycles. The molecule has 0 aromatic heterocycles. The summed E-state index contributed by atoms with van der Waals surface area (Å²) in [5.74, 6) is -0.475. The Bertz CT molecular complexity index is 560. The molecule has 2 aliphatic heterocycles. The molecular weight excluding hydrogens is 331 g/mol. The van der Waals surface area contributed by atoms with Crippen LogP contribution in [0.1, 0.15) is 32.6 Å². The highest BCUT2D eigenvalue weighted by atomic mass is 32.2. The van der Waals surface area contributed by atoms with Gasteiger partial charge in [-0.2, -0.15) is 12.4 Å². The Labute approximate surface area is 131 Å². The predicted molar refractivity (Wildman–Crippen MR) is 80.7 cm³/mol. The Morgan fingerprint density at radius 3 is 2.41 bits per heavy atom. The summed E-state index contributed by atoms with van der Waals surface area (Å²) in [6.07, 6.45) is 3.67. The number of rotatable bonds is 6. The molecule has 0 spiro atoms. The smallest absolute Gasteiger partial charge is 0.361 e. The second kappa shape index (κ2) is 6.97. The maximum Gasteiger partial charge on any atom is 0.361 e. The minimum absolute atomic E-state index is 0.226. The van der Waals surface area contributed by atoms with Gasteiger partial charge in [-0.25, -0.2) is 9.34 Å². The Morgan fingerprint density at radius 2 is 1.86 bits per heavy atom. The third-order valence-electron chi connectivity index (χ3n) is 3.78. The molecule has 2 atom stereocenters. The van der Waals surface area contributed by atoms with E-state index in [1.165, 1.54) is 4.67 Å². The Balaban J connectivity index is 2.31. The minimum atomic E-state index is -3.92. The van der Waals surface area contributed by atoms with Crippen LogP contribution in [0.15, 0.2) is 0 Å². The first-order chi connectivity index (χ1) is 10.3. The van der Waals surface area contributed by atoms with Crippen molar-refractivity contribution in [1.29, 1.82) is 0 Å². The van der Waals surface area contributed by atoms with Gasteiger partial charge >= 0.3 is 13.6 Å². The summed E-state index contributed by atoms with van der Waals surface area (Å²) in [5, 5.41) is 0. The molecule has 0 amide bonds. The van der Waals surface area contributed by atoms with E-state index in [0.717, 1.165) is 19.1 Å². The van der Waals surface area contributed by atoms with Crippen LogP contribution in [0, 0.1) is 0 Å². The van der Waals surface area contributed by atoms with Crippen LogP contribution in [0.5, 0.6) is 0 Å². The Kier molecular flexibility index (Phi) is 5.66. The molecule has 8 nitrogen and oxygen atoms in total. The first-order valence-electron chi connectivity index (χ1n) is 7.48. The molecule has 0 saturated carbocycles. The van der Waals surface area contributed by atoms with Gasteiger partial charge in [0.2, 0.25) is 0 Å². The lowest BCUT2D eigenvalue weighted by molar-refractivity contribution is -0.147. The van der Waals surface area contributed by atoms with Crippen molar-refractivity contribution in [1.82, 2.24) is 9.34 Å². The zero-order valence-corrected chi connectivity index (χ0v) is 14.6. The molecule has 2 heterocycles. The molecule has 0 aliphatic carbocycles. The van der Waals surface area contributed by atoms with Gasteiger partial charge in [0.25, 0.3) is 10.1 Å². The van der Waals surface area contributed by atoms with E-state index in [9.17, 15) is 17.8 Å². The lowest BCUT2D eigenvalue weighted by atomic mass is 10.2. The highest BCUT2D eigenvalue weighted by Gasteiger charge is 2.50. The molecule has 2 fully saturated rings. The van der Waals surface area contributed by atoms with E-state index in [0.29, 0.717) is 32.5 Å². The fourth-order valence-corrected chi connectivity index (χ4v) is 7.11. The predicted octanol–water partition coefficient (Wildman–Crippen LogP) is 1.19. The number of ether oxygens (including phenoxy) is 1. The van der Waals surface area contributed by atoms with Gasteiger partial charge in [-0.05, 0) is 32.6 Å². The van der Waals surface area contributed by atoms with Gasteiger partial charge in [0.1, 0.15) is 6.04 Å². The quantitative estimate of drug-likeness (QED) is 0.519. The van der Waals surface area contributed by atoms with Crippen molar-refractivity contribution in [3.05, 3.63) is 0 Å². The second-order valence-corrected chi connectivity index (χ2v) is 9.57. The van der Waals surface area contributed by atoms with Crippen molar-refractivity contribution >= 4 is 23.8 Å². The SMILES string of the molecule is CCOC(=O)[C@@H]1CCCN1P(=O)(OS(C)(=O)=O)N1CCCC1. The van der Waals surface area contributed by atoms with E-state index in [1.807, 2.05) is 0 Å². The molecule has 1 unspecified atom stereocenters. The van der Waals surface area contributed by atoms with Crippen molar-refractivity contribution in [2.24, 2.45) is 0 Å². The van der Waals surface area contributed by atoms with Crippen molar-refractivity contribution in [3.63, 3.8) is 0 Å². The highest BCUT2D eigenvalue weighted by Crippen LogP contribution is 2.59. The van der Waals surface area contributed by atoms with Gasteiger partial charge in [0.05, 0.1) is 12.9 Å². The van der Waals surface area contributed by atoms with Crippen LogP contribution in [0.4, 0.5) is 0 Å². The molecule has 0 N–H and O–H groups in total. The third-order valence-corrected chi connectivity index (χ3v) is 7.88. The fourth-order valence-electron chi connectivity index (χ4n) is 2.91. The fraction of sp³-hybridized carbons (Fsp3) is 0.917. The highest BCUT2D eigenvalue weighted by molar-refractivity contribution is 7.90. The van der Waals surface area contributed by atoms with Crippen LogP contribution >= 0.6 is 7.67 Å². The normalized spacial score (nSPS) is 26.9. The summed E-state index contributed by atoms with van der Waals surface area (Å²) in [6, 6.07) is -0.715. The summed E-state index contributed by atoms with van der Waals surface area (Å²) in [7, 11) is -7.71. The molecule has 22 heavy (non-hydrogen) atoms. The number of esters is 1. The summed E-state index contributed by atoms with van der Waals surface area (Å²) in [4.78, 5) is 12.1. The average molecular weight is 354 g/mol. The van der Waals surface area contributed by atoms with Crippen molar-refractivity contribution in [3.8, 4) is 0 Å². The number of nitrogens with zero attached hydrogens (tertiary/aromatic N) is 2. The maximum atomic E-state index is 13.4. The summed E-state index contributed by atoms with van der Waals surface area (Å²) < 4.78 is 49.6. The molecule has 0 aromatic rings. The van der Waals surface area contributed by atoms with Crippen molar-refractivity contribution < 1.29 is 26.5 Å². The van der Waals surface area contributed by atoms with E-state index < -0.39 is 29.8 Å². The van der Waals surface area contributed by atoms with E-state index in [4.69, 9.17) is 8.71 Å². The van der Waals surface area contributed by atoms with Gasteiger partial charge in [-0.3, -0.25) is 9.36 Å². The summed E-state index contributed by atoms with van der Waals surface area (Å²) in [5.41, 5.74) is 0. The van der Waals surface area contributed by atoms with Gasteiger partial charge in [-0.15, -0.1) is 0 Å². The van der Waals surface area contributed by atoms with Crippen molar-refractivity contribution in [2.75, 3.05) is 32.5 Å². The lowest BCUT2D eigenvalue weighted by Crippen LogP contribution is -2.40. The van der Waals surface area contributed by atoms with Crippen LogP contribution in [0.3, 0.4) is 0 Å². The summed E-state index contributed by atoms with van der Waals surface area (Å²) in [6.45, 7) is 3.28. The van der Waals surface area contributed by atoms with Gasteiger partial charge in [-0.1, -0.05) is 0 Å². The largest absolute Gasteiger partial charge is 0.465 e. The van der Waals surface area contributed by atoms with Gasteiger partial charge in [0, 0.05) is 19.6 Å². The topological polar surface area (TPSA) is 93.2 Å². The van der Waals surface area contributed by atoms with Crippen LogP contribution in [0.25, 0.3) is 0 Å². The molecular formula is C12H23N2O6PS. The first-order valence-corrected chi connectivity index (χ1v) is 10.8. The third kappa shape index (κ3) is 3.89. The zero-order chi connectivity index (χ0) is 16.4. The number of hydrogen-bond donors (Lipinski definition) is 0. The van der Waals surface area contributed by atoms with Crippen LogP contribution < -0.4 is 0 Å². The van der Waals surface area contributed by atoms with E-state index in [1.54, 1.807) is 11.6 Å². The number of carbonyl (C=O) groups is 1. The zero-order valence-electron chi connectivity index (χ0n) is 12.9. The first kappa shape index (κ1) is 17.9. The van der Waals surface area contributed by atoms with E-state index >= 15 is 0 Å². The number of hydrogen-bond acceptors (Lipinski definition) is 6. The molecule has 0 aromatic carbocycles. The van der Waals surface area contributed by atoms with Gasteiger partial charge in [0.15, 0.2) is 0 Å². The lowest BCUT2D eigenvalue weighted by Gasteiger charge is -2.35. The van der Waals surface area contributed by atoms with Crippen LogP contribution in [0.2, 0.25) is 0 Å². The van der Waals surface area contributed by atoms with E-state index in [-0.39, 0.29) is 6.61 Å². The van der Waals surface area contributed by atoms with Crippen molar-refractivity contribution in [2.45, 2.75) is 38.6 Å². The number of carbonyl (C=O) groups excluding carboxylic acids is 1. The monoisotopic (exact) mass is 354 g/mol. The standard InChI is InChI=1S/C12H23N2O6PS/c1-3-19-12(15)11-7-6-10-14(11)21(16,20-22(2,17)18)13-8-4-5-9-13/h11H,3-10H2,1-2H3/t11-,21?/m0/s1. The molecule has 128 valence electrons. The second-order valence-electron chi connectivity index (χ2n) is 5.50. The van der Waals surface area contributed by atoms with Gasteiger partial charge < -0.3 is 4.74 Å². The Hall–Kier alpha value is -0.470. The van der Waals surface area contributed by atoms with Crippen LogP contribution in [-0.2, 0) is 28.2 Å². The maximum absolute atomic E-state index is 13.4. The molecule has 2 rings (SSSR count). The Morgan fingerprint density at radius 1 is 1.23 bits per heavy atom. The molecule has 10 heteroatoms. The van der Waals surface area contributed by atoms with E-state index in [2.05, 4.69) is 0 Å². The average Bonchev–Trinajstić information content (AvgIpc) is 3.09. The molecule has 2 aliphatic rings. The minimum Gasteiger partial charge on any atom is -0.465 e. The summed E-state index contributed by atoms with van der Waals surface area (Å²) >= 11 is 0. The molecule has 0 radical (unpaired) electrons. The van der Waals surface area contributed by atoms with Crippen LogP contribution in [-0.4, -0.2) is 62.3 Å². The molecule has 0 bridgehead atoms.